The second kappa shape index (κ2) is 7.01. The van der Waals surface area contributed by atoms with E-state index in [9.17, 15) is 0 Å². The third-order valence-corrected chi connectivity index (χ3v) is 3.96. The SMILES string of the molecule is CCc1cc(OCC[C@@H]2CCCNC2)ccc1Cl. The first kappa shape index (κ1) is 13.7. The zero-order chi connectivity index (χ0) is 12.8. The van der Waals surface area contributed by atoms with Crippen LogP contribution in [0.1, 0.15) is 31.7 Å². The molecule has 0 radical (unpaired) electrons. The van der Waals surface area contributed by atoms with Crippen LogP contribution in [0, 0.1) is 5.92 Å². The molecule has 1 fully saturated rings. The molecule has 1 aliphatic rings. The molecule has 1 N–H and O–H groups in total. The predicted molar refractivity (Wildman–Crippen MR) is 76.5 cm³/mol. The van der Waals surface area contributed by atoms with Crippen molar-refractivity contribution in [3.8, 4) is 5.75 Å². The van der Waals surface area contributed by atoms with Crippen molar-refractivity contribution >= 4 is 11.6 Å². The van der Waals surface area contributed by atoms with Crippen LogP contribution in [0.4, 0.5) is 0 Å². The summed E-state index contributed by atoms with van der Waals surface area (Å²) < 4.78 is 5.82. The smallest absolute Gasteiger partial charge is 0.119 e. The number of rotatable bonds is 5. The fraction of sp³-hybridized carbons (Fsp3) is 0.600. The van der Waals surface area contributed by atoms with E-state index in [4.69, 9.17) is 16.3 Å². The molecule has 100 valence electrons. The van der Waals surface area contributed by atoms with Gasteiger partial charge in [0.1, 0.15) is 5.75 Å². The Kier molecular flexibility index (Phi) is 5.33. The topological polar surface area (TPSA) is 21.3 Å². The second-order valence-electron chi connectivity index (χ2n) is 4.96. The first-order chi connectivity index (χ1) is 8.79. The fourth-order valence-corrected chi connectivity index (χ4v) is 2.68. The Bertz CT molecular complexity index is 375. The molecule has 3 heteroatoms. The molecule has 0 saturated carbocycles. The van der Waals surface area contributed by atoms with Gasteiger partial charge in [0.15, 0.2) is 0 Å². The molecular formula is C15H22ClNO. The minimum atomic E-state index is 0.775. The average Bonchev–Trinajstić information content (AvgIpc) is 2.42. The molecular weight excluding hydrogens is 246 g/mol. The van der Waals surface area contributed by atoms with Crippen molar-refractivity contribution < 1.29 is 4.74 Å². The van der Waals surface area contributed by atoms with Crippen molar-refractivity contribution in [1.29, 1.82) is 0 Å². The summed E-state index contributed by atoms with van der Waals surface area (Å²) in [6.07, 6.45) is 4.71. The minimum absolute atomic E-state index is 0.775. The molecule has 1 saturated heterocycles. The summed E-state index contributed by atoms with van der Waals surface area (Å²) in [5, 5.41) is 4.27. The molecule has 0 spiro atoms. The van der Waals surface area contributed by atoms with Gasteiger partial charge >= 0.3 is 0 Å². The molecule has 1 aliphatic heterocycles. The monoisotopic (exact) mass is 267 g/mol. The van der Waals surface area contributed by atoms with E-state index in [1.807, 2.05) is 12.1 Å². The van der Waals surface area contributed by atoms with Gasteiger partial charge in [0.2, 0.25) is 0 Å². The molecule has 2 rings (SSSR count). The van der Waals surface area contributed by atoms with Gasteiger partial charge in [-0.3, -0.25) is 0 Å². The van der Waals surface area contributed by atoms with Crippen molar-refractivity contribution in [1.82, 2.24) is 5.32 Å². The van der Waals surface area contributed by atoms with Crippen LogP contribution < -0.4 is 10.1 Å². The third kappa shape index (κ3) is 3.89. The van der Waals surface area contributed by atoms with Crippen molar-refractivity contribution in [2.75, 3.05) is 19.7 Å². The van der Waals surface area contributed by atoms with Gasteiger partial charge in [-0.15, -0.1) is 0 Å². The van der Waals surface area contributed by atoms with E-state index < -0.39 is 0 Å². The summed E-state index contributed by atoms with van der Waals surface area (Å²) in [6, 6.07) is 5.94. The van der Waals surface area contributed by atoms with Gasteiger partial charge in [-0.25, -0.2) is 0 Å². The lowest BCUT2D eigenvalue weighted by Crippen LogP contribution is -2.30. The molecule has 0 amide bonds. The Morgan fingerprint density at radius 2 is 2.33 bits per heavy atom. The Morgan fingerprint density at radius 1 is 1.44 bits per heavy atom. The van der Waals surface area contributed by atoms with Gasteiger partial charge in [-0.2, -0.15) is 0 Å². The van der Waals surface area contributed by atoms with E-state index in [-0.39, 0.29) is 0 Å². The fourth-order valence-electron chi connectivity index (χ4n) is 2.43. The molecule has 0 aromatic heterocycles. The average molecular weight is 268 g/mol. The van der Waals surface area contributed by atoms with E-state index in [1.54, 1.807) is 0 Å². The van der Waals surface area contributed by atoms with Gasteiger partial charge in [0, 0.05) is 5.02 Å². The lowest BCUT2D eigenvalue weighted by atomic mass is 9.97. The van der Waals surface area contributed by atoms with Crippen LogP contribution in [-0.2, 0) is 6.42 Å². The first-order valence-corrected chi connectivity index (χ1v) is 7.29. The number of benzene rings is 1. The predicted octanol–water partition coefficient (Wildman–Crippen LogP) is 3.67. The Balaban J connectivity index is 1.79. The molecule has 1 aromatic rings. The Labute approximate surface area is 115 Å². The van der Waals surface area contributed by atoms with Crippen LogP contribution in [0.25, 0.3) is 0 Å². The van der Waals surface area contributed by atoms with E-state index >= 15 is 0 Å². The number of aryl methyl sites for hydroxylation is 1. The zero-order valence-corrected chi connectivity index (χ0v) is 11.8. The van der Waals surface area contributed by atoms with Crippen LogP contribution in [0.5, 0.6) is 5.75 Å². The second-order valence-corrected chi connectivity index (χ2v) is 5.36. The summed E-state index contributed by atoms with van der Waals surface area (Å²) >= 11 is 6.09. The molecule has 0 aliphatic carbocycles. The van der Waals surface area contributed by atoms with Gasteiger partial charge in [0.25, 0.3) is 0 Å². The molecule has 0 unspecified atom stereocenters. The quantitative estimate of drug-likeness (QED) is 0.879. The molecule has 1 aromatic carbocycles. The lowest BCUT2D eigenvalue weighted by molar-refractivity contribution is 0.254. The standard InChI is InChI=1S/C15H22ClNO/c1-2-13-10-14(5-6-15(13)16)18-9-7-12-4-3-8-17-11-12/h5-6,10,12,17H,2-4,7-9,11H2,1H3/t12-/m0/s1. The highest BCUT2D eigenvalue weighted by Crippen LogP contribution is 2.23. The highest BCUT2D eigenvalue weighted by molar-refractivity contribution is 6.31. The van der Waals surface area contributed by atoms with Crippen molar-refractivity contribution in [3.05, 3.63) is 28.8 Å². The Morgan fingerprint density at radius 3 is 3.06 bits per heavy atom. The third-order valence-electron chi connectivity index (χ3n) is 3.59. The zero-order valence-electron chi connectivity index (χ0n) is 11.0. The summed E-state index contributed by atoms with van der Waals surface area (Å²) in [7, 11) is 0. The maximum Gasteiger partial charge on any atom is 0.119 e. The summed E-state index contributed by atoms with van der Waals surface area (Å²) in [4.78, 5) is 0. The highest BCUT2D eigenvalue weighted by atomic mass is 35.5. The highest BCUT2D eigenvalue weighted by Gasteiger charge is 2.12. The molecule has 2 nitrogen and oxygen atoms in total. The number of hydrogen-bond acceptors (Lipinski definition) is 2. The van der Waals surface area contributed by atoms with Crippen LogP contribution in [0.3, 0.4) is 0 Å². The van der Waals surface area contributed by atoms with E-state index in [0.717, 1.165) is 48.2 Å². The number of nitrogens with one attached hydrogen (secondary N) is 1. The van der Waals surface area contributed by atoms with Crippen LogP contribution in [0.15, 0.2) is 18.2 Å². The molecule has 1 heterocycles. The number of halogens is 1. The van der Waals surface area contributed by atoms with Crippen LogP contribution in [-0.4, -0.2) is 19.7 Å². The van der Waals surface area contributed by atoms with Crippen LogP contribution >= 0.6 is 11.6 Å². The maximum absolute atomic E-state index is 6.09. The summed E-state index contributed by atoms with van der Waals surface area (Å²) in [6.45, 7) is 5.23. The maximum atomic E-state index is 6.09. The van der Waals surface area contributed by atoms with E-state index in [2.05, 4.69) is 18.3 Å². The van der Waals surface area contributed by atoms with Crippen molar-refractivity contribution in [2.45, 2.75) is 32.6 Å². The number of hydrogen-bond donors (Lipinski definition) is 1. The van der Waals surface area contributed by atoms with Crippen molar-refractivity contribution in [2.24, 2.45) is 5.92 Å². The first-order valence-electron chi connectivity index (χ1n) is 6.91. The lowest BCUT2D eigenvalue weighted by Gasteiger charge is -2.22. The number of ether oxygens (including phenoxy) is 1. The molecule has 0 bridgehead atoms. The van der Waals surface area contributed by atoms with Gasteiger partial charge < -0.3 is 10.1 Å². The molecule has 1 atom stereocenters. The normalized spacial score (nSPS) is 19.8. The van der Waals surface area contributed by atoms with Crippen molar-refractivity contribution in [3.63, 3.8) is 0 Å². The minimum Gasteiger partial charge on any atom is -0.494 e. The Hall–Kier alpha value is -0.730. The molecule has 18 heavy (non-hydrogen) atoms. The summed E-state index contributed by atoms with van der Waals surface area (Å²) in [5.41, 5.74) is 1.16. The summed E-state index contributed by atoms with van der Waals surface area (Å²) in [5.74, 6) is 1.72. The van der Waals surface area contributed by atoms with Gasteiger partial charge in [0.05, 0.1) is 6.61 Å². The number of piperidine rings is 1. The van der Waals surface area contributed by atoms with Crippen LogP contribution in [0.2, 0.25) is 5.02 Å². The van der Waals surface area contributed by atoms with Gasteiger partial charge in [-0.1, -0.05) is 18.5 Å². The largest absolute Gasteiger partial charge is 0.494 e. The van der Waals surface area contributed by atoms with Gasteiger partial charge in [-0.05, 0) is 68.5 Å². The van der Waals surface area contributed by atoms with E-state index in [1.165, 1.54) is 19.4 Å². The van der Waals surface area contributed by atoms with E-state index in [0.29, 0.717) is 0 Å².